The van der Waals surface area contributed by atoms with Gasteiger partial charge in [-0.05, 0) is 69.3 Å². The van der Waals surface area contributed by atoms with E-state index in [0.29, 0.717) is 40.3 Å². The van der Waals surface area contributed by atoms with Crippen LogP contribution in [0.25, 0.3) is 67.4 Å². The molecule has 0 atom stereocenters. The zero-order chi connectivity index (χ0) is 37.8. The summed E-state index contributed by atoms with van der Waals surface area (Å²) in [5.41, 5.74) is 3.64. The summed E-state index contributed by atoms with van der Waals surface area (Å²) in [5.74, 6) is 1.27. The lowest BCUT2D eigenvalue weighted by Gasteiger charge is -2.34. The van der Waals surface area contributed by atoms with Crippen LogP contribution in [0, 0.1) is 0 Å². The van der Waals surface area contributed by atoms with Crippen molar-refractivity contribution in [3.63, 3.8) is 0 Å². The number of pyridine rings is 4. The predicted molar refractivity (Wildman–Crippen MR) is 229 cm³/mol. The number of rotatable bonds is 7. The molecule has 0 bridgehead atoms. The first-order valence-corrected chi connectivity index (χ1v) is 20.7. The predicted octanol–water partition coefficient (Wildman–Crippen LogP) is 6.69. The van der Waals surface area contributed by atoms with Crippen LogP contribution >= 0.6 is 0 Å². The summed E-state index contributed by atoms with van der Waals surface area (Å²) in [6.45, 7) is 0. The van der Waals surface area contributed by atoms with Crippen molar-refractivity contribution in [2.24, 2.45) is 0 Å². The molecule has 268 valence electrons. The summed E-state index contributed by atoms with van der Waals surface area (Å²) < 4.78 is 3.85. The van der Waals surface area contributed by atoms with E-state index >= 15 is 0 Å². The molecule has 0 spiro atoms. The molecule has 0 N–H and O–H groups in total. The topological polar surface area (TPSA) is 100 Å². The smallest absolute Gasteiger partial charge is 0.242 e. The van der Waals surface area contributed by atoms with Crippen LogP contribution in [0.4, 0.5) is 0 Å². The standard InChI is InChI=1S/C47H31N9Si/c1-4-16-33(17-5-1)57(34-18-6-2-7-19-34,35-20-8-3-9-21-35)36-22-10-15-32(31-36)41-52-46(55-42-37(23-11-27-48-42)38-24-12-28-49-43(38)55)54-47(53-41)56-44-39(25-13-29-50-44)40-26-14-30-51-45(40)56/h1-31H. The fourth-order valence-electron chi connectivity index (χ4n) is 8.36. The van der Waals surface area contributed by atoms with Crippen molar-refractivity contribution in [3.05, 3.63) is 189 Å². The van der Waals surface area contributed by atoms with Crippen LogP contribution in [-0.2, 0) is 0 Å². The second kappa shape index (κ2) is 13.3. The molecule has 10 heteroatoms. The minimum absolute atomic E-state index is 0.386. The van der Waals surface area contributed by atoms with Crippen molar-refractivity contribution in [2.75, 3.05) is 0 Å². The molecule has 0 radical (unpaired) electrons. The highest BCUT2D eigenvalue weighted by atomic mass is 28.3. The maximum Gasteiger partial charge on any atom is 0.242 e. The summed E-state index contributed by atoms with van der Waals surface area (Å²) in [6.07, 6.45) is 7.13. The first-order chi connectivity index (χ1) is 28.3. The van der Waals surface area contributed by atoms with Crippen molar-refractivity contribution in [1.82, 2.24) is 44.0 Å². The van der Waals surface area contributed by atoms with Gasteiger partial charge in [-0.3, -0.25) is 0 Å². The van der Waals surface area contributed by atoms with E-state index in [0.717, 1.165) is 27.1 Å². The van der Waals surface area contributed by atoms with Gasteiger partial charge in [0.1, 0.15) is 22.6 Å². The fraction of sp³-hybridized carbons (Fsp3) is 0. The first-order valence-electron chi connectivity index (χ1n) is 18.7. The maximum atomic E-state index is 5.28. The normalized spacial score (nSPS) is 11.9. The fourth-order valence-corrected chi connectivity index (χ4v) is 13.2. The van der Waals surface area contributed by atoms with Gasteiger partial charge in [0.05, 0.1) is 0 Å². The van der Waals surface area contributed by atoms with Crippen molar-refractivity contribution >= 4 is 73.0 Å². The summed E-state index contributed by atoms with van der Waals surface area (Å²) in [7, 11) is -2.86. The number of hydrogen-bond donors (Lipinski definition) is 0. The van der Waals surface area contributed by atoms with E-state index in [4.69, 9.17) is 34.9 Å². The van der Waals surface area contributed by atoms with Crippen LogP contribution in [0.3, 0.4) is 0 Å². The Morgan fingerprint density at radius 3 is 1.09 bits per heavy atom. The van der Waals surface area contributed by atoms with Crippen LogP contribution in [0.1, 0.15) is 0 Å². The zero-order valence-corrected chi connectivity index (χ0v) is 31.4. The molecule has 11 rings (SSSR count). The van der Waals surface area contributed by atoms with Crippen molar-refractivity contribution in [1.29, 1.82) is 0 Å². The van der Waals surface area contributed by atoms with E-state index in [1.165, 1.54) is 20.7 Å². The van der Waals surface area contributed by atoms with Gasteiger partial charge in [0.25, 0.3) is 0 Å². The van der Waals surface area contributed by atoms with Gasteiger partial charge in [0, 0.05) is 51.9 Å². The molecule has 4 aromatic carbocycles. The van der Waals surface area contributed by atoms with Gasteiger partial charge in [0.15, 0.2) is 13.9 Å². The molecule has 9 nitrogen and oxygen atoms in total. The highest BCUT2D eigenvalue weighted by Crippen LogP contribution is 2.32. The van der Waals surface area contributed by atoms with E-state index in [1.54, 1.807) is 24.8 Å². The quantitative estimate of drug-likeness (QED) is 0.132. The molecule has 0 amide bonds. The Hall–Kier alpha value is -7.69. The molecule has 0 aliphatic rings. The molecule has 7 heterocycles. The van der Waals surface area contributed by atoms with E-state index in [-0.39, 0.29) is 0 Å². The molecule has 0 unspecified atom stereocenters. The highest BCUT2D eigenvalue weighted by Gasteiger charge is 2.41. The van der Waals surface area contributed by atoms with Crippen LogP contribution < -0.4 is 20.7 Å². The Kier molecular flexibility index (Phi) is 7.61. The number of fused-ring (bicyclic) bond motifs is 6. The molecule has 0 saturated heterocycles. The minimum Gasteiger partial charge on any atom is -0.245 e. The molecule has 11 aromatic rings. The van der Waals surface area contributed by atoms with Crippen LogP contribution in [-0.4, -0.2) is 52.1 Å². The van der Waals surface area contributed by atoms with Gasteiger partial charge >= 0.3 is 0 Å². The Morgan fingerprint density at radius 1 is 0.333 bits per heavy atom. The molecule has 0 saturated carbocycles. The van der Waals surface area contributed by atoms with Crippen LogP contribution in [0.2, 0.25) is 0 Å². The van der Waals surface area contributed by atoms with Gasteiger partial charge in [-0.1, -0.05) is 115 Å². The largest absolute Gasteiger partial charge is 0.245 e. The monoisotopic (exact) mass is 749 g/mol. The molecular formula is C47H31N9Si. The minimum atomic E-state index is -2.86. The van der Waals surface area contributed by atoms with E-state index in [9.17, 15) is 0 Å². The molecule has 0 fully saturated rings. The maximum absolute atomic E-state index is 5.28. The second-order valence-corrected chi connectivity index (χ2v) is 17.7. The van der Waals surface area contributed by atoms with E-state index < -0.39 is 8.07 Å². The summed E-state index contributed by atoms with van der Waals surface area (Å²) in [5, 5.41) is 8.86. The molecular weight excluding hydrogens is 719 g/mol. The number of benzene rings is 4. The summed E-state index contributed by atoms with van der Waals surface area (Å²) in [6, 6.07) is 57.4. The van der Waals surface area contributed by atoms with Crippen molar-refractivity contribution in [2.45, 2.75) is 0 Å². The first kappa shape index (κ1) is 32.7. The lowest BCUT2D eigenvalue weighted by Crippen LogP contribution is -2.74. The Labute approximate surface area is 327 Å². The average molecular weight is 750 g/mol. The SMILES string of the molecule is c1ccc([Si](c2ccccc2)(c2ccccc2)c2cccc(-c3nc(-n4c5ncccc5c5cccnc54)nc(-n4c5ncccc5c5cccnc54)n3)c2)cc1. The lowest BCUT2D eigenvalue weighted by atomic mass is 10.2. The molecule has 0 aliphatic heterocycles. The third-order valence-electron chi connectivity index (χ3n) is 10.8. The third kappa shape index (κ3) is 5.12. The van der Waals surface area contributed by atoms with Gasteiger partial charge in [0.2, 0.25) is 11.9 Å². The Morgan fingerprint density at radius 2 is 0.702 bits per heavy atom. The highest BCUT2D eigenvalue weighted by molar-refractivity contribution is 7.19. The number of nitrogens with zero attached hydrogens (tertiary/aromatic N) is 9. The Bertz CT molecular complexity index is 2920. The third-order valence-corrected chi connectivity index (χ3v) is 15.5. The second-order valence-electron chi connectivity index (χ2n) is 13.9. The lowest BCUT2D eigenvalue weighted by molar-refractivity contribution is 0.875. The van der Waals surface area contributed by atoms with Gasteiger partial charge in [-0.15, -0.1) is 0 Å². The van der Waals surface area contributed by atoms with Gasteiger partial charge < -0.3 is 0 Å². The van der Waals surface area contributed by atoms with Crippen LogP contribution in [0.15, 0.2) is 189 Å². The number of aromatic nitrogens is 9. The van der Waals surface area contributed by atoms with E-state index in [2.05, 4.69) is 140 Å². The number of hydrogen-bond acceptors (Lipinski definition) is 7. The van der Waals surface area contributed by atoms with E-state index in [1.807, 2.05) is 33.4 Å². The average Bonchev–Trinajstić information content (AvgIpc) is 3.81. The van der Waals surface area contributed by atoms with Crippen molar-refractivity contribution in [3.8, 4) is 23.3 Å². The Balaban J connectivity index is 1.22. The van der Waals surface area contributed by atoms with Gasteiger partial charge in [-0.25, -0.2) is 29.1 Å². The van der Waals surface area contributed by atoms with Crippen molar-refractivity contribution < 1.29 is 0 Å². The molecule has 7 aromatic heterocycles. The summed E-state index contributed by atoms with van der Waals surface area (Å²) in [4.78, 5) is 35.1. The van der Waals surface area contributed by atoms with Gasteiger partial charge in [-0.2, -0.15) is 15.0 Å². The van der Waals surface area contributed by atoms with Crippen LogP contribution in [0.5, 0.6) is 0 Å². The summed E-state index contributed by atoms with van der Waals surface area (Å²) >= 11 is 0. The molecule has 57 heavy (non-hydrogen) atoms. The zero-order valence-electron chi connectivity index (χ0n) is 30.4. The molecule has 0 aliphatic carbocycles.